The third-order valence-electron chi connectivity index (χ3n) is 2.09. The number of hydrogen-bond acceptors (Lipinski definition) is 5. The van der Waals surface area contributed by atoms with Crippen LogP contribution in [-0.4, -0.2) is 15.9 Å². The Morgan fingerprint density at radius 1 is 1.45 bits per heavy atom. The summed E-state index contributed by atoms with van der Waals surface area (Å²) in [5.41, 5.74) is 0.575. The summed E-state index contributed by atoms with van der Waals surface area (Å²) in [5.74, 6) is 0.790. The Morgan fingerprint density at radius 3 is 2.75 bits per heavy atom. The van der Waals surface area contributed by atoms with Gasteiger partial charge >= 0.3 is 0 Å². The SMILES string of the molecule is CCCSC(=NC#N)SC=CC(=O)c1ccc(Cl)cc1. The van der Waals surface area contributed by atoms with Crippen molar-refractivity contribution in [2.75, 3.05) is 5.75 Å². The van der Waals surface area contributed by atoms with Crippen LogP contribution in [0.2, 0.25) is 5.02 Å². The van der Waals surface area contributed by atoms with Crippen LogP contribution in [-0.2, 0) is 0 Å². The average molecular weight is 325 g/mol. The number of aliphatic imine (C=N–C) groups is 1. The predicted molar refractivity (Wildman–Crippen MR) is 88.3 cm³/mol. The zero-order valence-corrected chi connectivity index (χ0v) is 13.3. The Hall–Kier alpha value is -1.22. The van der Waals surface area contributed by atoms with Gasteiger partial charge in [0.15, 0.2) is 5.78 Å². The van der Waals surface area contributed by atoms with E-state index in [1.165, 1.54) is 29.6 Å². The van der Waals surface area contributed by atoms with Crippen LogP contribution >= 0.6 is 35.1 Å². The van der Waals surface area contributed by atoms with E-state index in [-0.39, 0.29) is 5.78 Å². The summed E-state index contributed by atoms with van der Waals surface area (Å²) in [4.78, 5) is 15.6. The van der Waals surface area contributed by atoms with E-state index in [4.69, 9.17) is 16.9 Å². The lowest BCUT2D eigenvalue weighted by Crippen LogP contribution is -1.93. The number of carbonyl (C=O) groups excluding carboxylic acids is 1. The fourth-order valence-electron chi connectivity index (χ4n) is 1.19. The quantitative estimate of drug-likeness (QED) is 0.258. The minimum absolute atomic E-state index is 0.106. The maximum Gasteiger partial charge on any atom is 0.207 e. The lowest BCUT2D eigenvalue weighted by molar-refractivity contribution is 0.104. The molecule has 1 rings (SSSR count). The minimum Gasteiger partial charge on any atom is -0.289 e. The first-order chi connectivity index (χ1) is 9.67. The van der Waals surface area contributed by atoms with Crippen molar-refractivity contribution in [3.8, 4) is 6.19 Å². The van der Waals surface area contributed by atoms with Crippen LogP contribution in [0.1, 0.15) is 23.7 Å². The summed E-state index contributed by atoms with van der Waals surface area (Å²) in [5, 5.41) is 10.8. The molecule has 0 saturated heterocycles. The topological polar surface area (TPSA) is 53.2 Å². The fraction of sp³-hybridized carbons (Fsp3) is 0.214. The second-order valence-corrected chi connectivity index (χ2v) is 6.29. The van der Waals surface area contributed by atoms with Crippen LogP contribution in [0.25, 0.3) is 0 Å². The van der Waals surface area contributed by atoms with E-state index in [0.717, 1.165) is 12.2 Å². The first-order valence-corrected chi connectivity index (χ1v) is 8.14. The Balaban J connectivity index is 2.58. The minimum atomic E-state index is -0.106. The molecule has 0 aliphatic carbocycles. The van der Waals surface area contributed by atoms with Crippen LogP contribution < -0.4 is 0 Å². The van der Waals surface area contributed by atoms with E-state index in [1.807, 2.05) is 0 Å². The summed E-state index contributed by atoms with van der Waals surface area (Å²) in [6.45, 7) is 2.06. The smallest absolute Gasteiger partial charge is 0.207 e. The first-order valence-electron chi connectivity index (χ1n) is 5.90. The molecule has 0 amide bonds. The summed E-state index contributed by atoms with van der Waals surface area (Å²) in [6.07, 6.45) is 4.23. The summed E-state index contributed by atoms with van der Waals surface area (Å²) in [6, 6.07) is 6.70. The van der Waals surface area contributed by atoms with Gasteiger partial charge in [-0.1, -0.05) is 42.0 Å². The Bertz CT molecular complexity index is 547. The molecule has 0 heterocycles. The highest BCUT2D eigenvalue weighted by Gasteiger charge is 2.02. The second-order valence-electron chi connectivity index (χ2n) is 3.62. The summed E-state index contributed by atoms with van der Waals surface area (Å²) in [7, 11) is 0. The third kappa shape index (κ3) is 6.29. The standard InChI is InChI=1S/C14H13ClN2OS2/c1-2-8-19-14(17-10-16)20-9-7-13(18)11-3-5-12(15)6-4-11/h3-7,9H,2,8H2,1H3. The number of hydrogen-bond donors (Lipinski definition) is 0. The van der Waals surface area contributed by atoms with Crippen molar-refractivity contribution >= 4 is 45.3 Å². The molecular formula is C14H13ClN2OS2. The maximum atomic E-state index is 11.9. The summed E-state index contributed by atoms with van der Waals surface area (Å²) < 4.78 is 0.648. The van der Waals surface area contributed by atoms with Gasteiger partial charge in [0, 0.05) is 10.6 Å². The van der Waals surface area contributed by atoms with Crippen molar-refractivity contribution in [2.45, 2.75) is 13.3 Å². The molecule has 1 aromatic rings. The molecule has 1 aromatic carbocycles. The maximum absolute atomic E-state index is 11.9. The Labute approximate surface area is 132 Å². The molecule has 104 valence electrons. The van der Waals surface area contributed by atoms with Crippen molar-refractivity contribution < 1.29 is 4.79 Å². The van der Waals surface area contributed by atoms with Gasteiger partial charge in [-0.25, -0.2) is 0 Å². The number of nitrogens with zero attached hydrogens (tertiary/aromatic N) is 2. The van der Waals surface area contributed by atoms with Crippen molar-refractivity contribution in [2.24, 2.45) is 4.99 Å². The number of thioether (sulfide) groups is 2. The highest BCUT2D eigenvalue weighted by molar-refractivity contribution is 8.40. The molecule has 0 aromatic heterocycles. The molecule has 3 nitrogen and oxygen atoms in total. The van der Waals surface area contributed by atoms with Gasteiger partial charge in [-0.2, -0.15) is 10.3 Å². The van der Waals surface area contributed by atoms with Crippen molar-refractivity contribution in [3.05, 3.63) is 46.3 Å². The molecule has 0 aliphatic rings. The van der Waals surface area contributed by atoms with E-state index >= 15 is 0 Å². The highest BCUT2D eigenvalue weighted by Crippen LogP contribution is 2.19. The molecule has 20 heavy (non-hydrogen) atoms. The van der Waals surface area contributed by atoms with Gasteiger partial charge < -0.3 is 0 Å². The molecule has 0 bridgehead atoms. The molecule has 0 aliphatic heterocycles. The first kappa shape index (κ1) is 16.8. The Kier molecular flexibility index (Phi) is 8.12. The van der Waals surface area contributed by atoms with Crippen LogP contribution in [0.4, 0.5) is 0 Å². The van der Waals surface area contributed by atoms with E-state index < -0.39 is 0 Å². The summed E-state index contributed by atoms with van der Waals surface area (Å²) >= 11 is 8.54. The number of halogens is 1. The molecule has 0 spiro atoms. The lowest BCUT2D eigenvalue weighted by Gasteiger charge is -1.98. The lowest BCUT2D eigenvalue weighted by atomic mass is 10.1. The number of ketones is 1. The van der Waals surface area contributed by atoms with E-state index in [2.05, 4.69) is 11.9 Å². The zero-order valence-electron chi connectivity index (χ0n) is 10.9. The van der Waals surface area contributed by atoms with Crippen molar-refractivity contribution in [1.29, 1.82) is 5.26 Å². The van der Waals surface area contributed by atoms with Gasteiger partial charge in [0.2, 0.25) is 6.19 Å². The van der Waals surface area contributed by atoms with Crippen LogP contribution in [0.3, 0.4) is 0 Å². The number of benzene rings is 1. The molecule has 0 fully saturated rings. The number of rotatable bonds is 5. The van der Waals surface area contributed by atoms with Gasteiger partial charge in [-0.05, 0) is 47.9 Å². The fourth-order valence-corrected chi connectivity index (χ4v) is 2.89. The number of allylic oxidation sites excluding steroid dienone is 1. The monoisotopic (exact) mass is 324 g/mol. The molecule has 0 atom stereocenters. The highest BCUT2D eigenvalue weighted by atomic mass is 35.5. The second kappa shape index (κ2) is 9.65. The number of nitriles is 1. The van der Waals surface area contributed by atoms with Gasteiger partial charge in [-0.3, -0.25) is 4.79 Å². The molecule has 0 radical (unpaired) electrons. The molecule has 0 saturated carbocycles. The van der Waals surface area contributed by atoms with Gasteiger partial charge in [0.1, 0.15) is 4.38 Å². The van der Waals surface area contributed by atoms with Gasteiger partial charge in [-0.15, -0.1) is 0 Å². The van der Waals surface area contributed by atoms with Crippen molar-refractivity contribution in [3.63, 3.8) is 0 Å². The van der Waals surface area contributed by atoms with Crippen molar-refractivity contribution in [1.82, 2.24) is 0 Å². The van der Waals surface area contributed by atoms with Gasteiger partial charge in [0.05, 0.1) is 0 Å². The third-order valence-corrected chi connectivity index (χ3v) is 4.50. The normalized spacial score (nSPS) is 11.6. The average Bonchev–Trinajstić information content (AvgIpc) is 2.45. The molecule has 0 unspecified atom stereocenters. The predicted octanol–water partition coefficient (Wildman–Crippen LogP) is 4.75. The molecule has 6 heteroatoms. The van der Waals surface area contributed by atoms with E-state index in [9.17, 15) is 4.79 Å². The van der Waals surface area contributed by atoms with Crippen LogP contribution in [0.15, 0.2) is 40.7 Å². The number of carbonyl (C=O) groups is 1. The molecule has 0 N–H and O–H groups in total. The van der Waals surface area contributed by atoms with E-state index in [1.54, 1.807) is 35.9 Å². The van der Waals surface area contributed by atoms with E-state index in [0.29, 0.717) is 15.0 Å². The van der Waals surface area contributed by atoms with Crippen LogP contribution in [0.5, 0.6) is 0 Å². The largest absolute Gasteiger partial charge is 0.289 e. The Morgan fingerprint density at radius 2 is 2.15 bits per heavy atom. The molecular weight excluding hydrogens is 312 g/mol. The van der Waals surface area contributed by atoms with Gasteiger partial charge in [0.25, 0.3) is 0 Å². The zero-order chi connectivity index (χ0) is 14.8. The van der Waals surface area contributed by atoms with Crippen LogP contribution in [0, 0.1) is 11.5 Å².